The van der Waals surface area contributed by atoms with E-state index in [-0.39, 0.29) is 5.91 Å². The first kappa shape index (κ1) is 12.5. The van der Waals surface area contributed by atoms with Gasteiger partial charge < -0.3 is 15.1 Å². The van der Waals surface area contributed by atoms with Gasteiger partial charge in [-0.25, -0.2) is 0 Å². The SMILES string of the molecule is C[C@H]1CNCCN1C(=O)CN1CCc2ccccc21. The van der Waals surface area contributed by atoms with Gasteiger partial charge in [0.25, 0.3) is 0 Å². The number of fused-ring (bicyclic) bond motifs is 1. The minimum absolute atomic E-state index is 0.255. The molecule has 3 rings (SSSR count). The highest BCUT2D eigenvalue weighted by molar-refractivity contribution is 5.82. The van der Waals surface area contributed by atoms with Gasteiger partial charge in [-0.1, -0.05) is 18.2 Å². The van der Waals surface area contributed by atoms with Gasteiger partial charge in [0.2, 0.25) is 5.91 Å². The van der Waals surface area contributed by atoms with Gasteiger partial charge in [-0.15, -0.1) is 0 Å². The topological polar surface area (TPSA) is 35.6 Å². The van der Waals surface area contributed by atoms with Gasteiger partial charge in [-0.3, -0.25) is 4.79 Å². The second-order valence-electron chi connectivity index (χ2n) is 5.44. The van der Waals surface area contributed by atoms with Gasteiger partial charge >= 0.3 is 0 Å². The number of carbonyl (C=O) groups excluding carboxylic acids is 1. The third-order valence-corrected chi connectivity index (χ3v) is 4.13. The summed E-state index contributed by atoms with van der Waals surface area (Å²) in [5.41, 5.74) is 2.60. The minimum Gasteiger partial charge on any atom is -0.362 e. The molecular formula is C15H21N3O. The molecule has 1 amide bonds. The molecule has 1 N–H and O–H groups in total. The van der Waals surface area contributed by atoms with Crippen LogP contribution in [0.4, 0.5) is 5.69 Å². The molecule has 1 saturated heterocycles. The molecule has 1 aromatic carbocycles. The van der Waals surface area contributed by atoms with Crippen molar-refractivity contribution in [1.82, 2.24) is 10.2 Å². The molecule has 2 heterocycles. The Balaban J connectivity index is 1.67. The molecule has 1 aromatic rings. The van der Waals surface area contributed by atoms with Crippen molar-refractivity contribution in [2.24, 2.45) is 0 Å². The highest BCUT2D eigenvalue weighted by Gasteiger charge is 2.26. The van der Waals surface area contributed by atoms with Crippen molar-refractivity contribution in [2.75, 3.05) is 37.6 Å². The summed E-state index contributed by atoms with van der Waals surface area (Å²) in [6, 6.07) is 8.71. The first-order valence-corrected chi connectivity index (χ1v) is 7.09. The van der Waals surface area contributed by atoms with E-state index in [9.17, 15) is 4.79 Å². The Morgan fingerprint density at radius 2 is 2.21 bits per heavy atom. The Morgan fingerprint density at radius 1 is 1.37 bits per heavy atom. The number of para-hydroxylation sites is 1. The predicted molar refractivity (Wildman–Crippen MR) is 76.4 cm³/mol. The summed E-state index contributed by atoms with van der Waals surface area (Å²) in [6.07, 6.45) is 1.06. The Kier molecular flexibility index (Phi) is 3.42. The monoisotopic (exact) mass is 259 g/mol. The molecule has 0 aromatic heterocycles. The Hall–Kier alpha value is -1.55. The summed E-state index contributed by atoms with van der Waals surface area (Å²) in [4.78, 5) is 16.7. The minimum atomic E-state index is 0.255. The normalized spacial score (nSPS) is 22.5. The maximum atomic E-state index is 12.4. The molecule has 2 aliphatic rings. The lowest BCUT2D eigenvalue weighted by atomic mass is 10.2. The first-order chi connectivity index (χ1) is 9.25. The van der Waals surface area contributed by atoms with E-state index in [4.69, 9.17) is 0 Å². The van der Waals surface area contributed by atoms with Crippen molar-refractivity contribution < 1.29 is 4.79 Å². The average Bonchev–Trinajstić information content (AvgIpc) is 2.83. The quantitative estimate of drug-likeness (QED) is 0.856. The van der Waals surface area contributed by atoms with Crippen molar-refractivity contribution in [3.05, 3.63) is 29.8 Å². The van der Waals surface area contributed by atoms with Crippen LogP contribution in [0, 0.1) is 0 Å². The number of anilines is 1. The highest BCUT2D eigenvalue weighted by Crippen LogP contribution is 2.27. The molecule has 0 saturated carbocycles. The molecule has 0 spiro atoms. The van der Waals surface area contributed by atoms with Crippen LogP contribution in [-0.4, -0.2) is 49.6 Å². The molecule has 1 atom stereocenters. The second-order valence-corrected chi connectivity index (χ2v) is 5.44. The molecule has 0 bridgehead atoms. The van der Waals surface area contributed by atoms with E-state index >= 15 is 0 Å². The number of piperazine rings is 1. The fourth-order valence-corrected chi connectivity index (χ4v) is 3.04. The zero-order valence-electron chi connectivity index (χ0n) is 11.4. The van der Waals surface area contributed by atoms with Crippen molar-refractivity contribution in [3.8, 4) is 0 Å². The van der Waals surface area contributed by atoms with Gasteiger partial charge in [-0.2, -0.15) is 0 Å². The van der Waals surface area contributed by atoms with Gasteiger partial charge in [0.15, 0.2) is 0 Å². The molecule has 4 heteroatoms. The van der Waals surface area contributed by atoms with Crippen molar-refractivity contribution in [3.63, 3.8) is 0 Å². The zero-order valence-corrected chi connectivity index (χ0v) is 11.4. The van der Waals surface area contributed by atoms with E-state index < -0.39 is 0 Å². The average molecular weight is 259 g/mol. The Morgan fingerprint density at radius 3 is 3.05 bits per heavy atom. The van der Waals surface area contributed by atoms with E-state index in [0.29, 0.717) is 12.6 Å². The number of nitrogens with zero attached hydrogens (tertiary/aromatic N) is 2. The fraction of sp³-hybridized carbons (Fsp3) is 0.533. The van der Waals surface area contributed by atoms with Gasteiger partial charge in [0.1, 0.15) is 0 Å². The van der Waals surface area contributed by atoms with Crippen LogP contribution >= 0.6 is 0 Å². The van der Waals surface area contributed by atoms with Crippen LogP contribution in [0.5, 0.6) is 0 Å². The van der Waals surface area contributed by atoms with Crippen LogP contribution in [0.2, 0.25) is 0 Å². The smallest absolute Gasteiger partial charge is 0.242 e. The van der Waals surface area contributed by atoms with Crippen LogP contribution < -0.4 is 10.2 Å². The van der Waals surface area contributed by atoms with Gasteiger partial charge in [0, 0.05) is 37.9 Å². The molecule has 19 heavy (non-hydrogen) atoms. The van der Waals surface area contributed by atoms with Crippen molar-refractivity contribution >= 4 is 11.6 Å². The molecule has 4 nitrogen and oxygen atoms in total. The molecule has 0 aliphatic carbocycles. The Bertz CT molecular complexity index is 474. The molecular weight excluding hydrogens is 238 g/mol. The number of benzene rings is 1. The van der Waals surface area contributed by atoms with E-state index in [1.165, 1.54) is 11.3 Å². The lowest BCUT2D eigenvalue weighted by molar-refractivity contribution is -0.132. The number of hydrogen-bond acceptors (Lipinski definition) is 3. The number of hydrogen-bond donors (Lipinski definition) is 1. The van der Waals surface area contributed by atoms with Crippen LogP contribution in [0.3, 0.4) is 0 Å². The number of carbonyl (C=O) groups is 1. The molecule has 0 radical (unpaired) electrons. The maximum absolute atomic E-state index is 12.4. The lowest BCUT2D eigenvalue weighted by Gasteiger charge is -2.35. The molecule has 1 fully saturated rings. The maximum Gasteiger partial charge on any atom is 0.242 e. The summed E-state index contributed by atoms with van der Waals surface area (Å²) in [5.74, 6) is 0.255. The van der Waals surface area contributed by atoms with Crippen LogP contribution in [0.15, 0.2) is 24.3 Å². The van der Waals surface area contributed by atoms with Gasteiger partial charge in [0.05, 0.1) is 6.54 Å². The van der Waals surface area contributed by atoms with E-state index in [1.807, 2.05) is 4.90 Å². The largest absolute Gasteiger partial charge is 0.362 e. The molecule has 0 unspecified atom stereocenters. The van der Waals surface area contributed by atoms with Crippen LogP contribution in [-0.2, 0) is 11.2 Å². The highest BCUT2D eigenvalue weighted by atomic mass is 16.2. The zero-order chi connectivity index (χ0) is 13.2. The number of amides is 1. The lowest BCUT2D eigenvalue weighted by Crippen LogP contribution is -2.54. The molecule has 2 aliphatic heterocycles. The second kappa shape index (κ2) is 5.21. The number of rotatable bonds is 2. The Labute approximate surface area is 114 Å². The fourth-order valence-electron chi connectivity index (χ4n) is 3.04. The van der Waals surface area contributed by atoms with E-state index in [0.717, 1.165) is 32.6 Å². The summed E-state index contributed by atoms with van der Waals surface area (Å²) >= 11 is 0. The van der Waals surface area contributed by atoms with Crippen molar-refractivity contribution in [2.45, 2.75) is 19.4 Å². The third-order valence-electron chi connectivity index (χ3n) is 4.13. The van der Waals surface area contributed by atoms with Gasteiger partial charge in [-0.05, 0) is 25.0 Å². The van der Waals surface area contributed by atoms with Crippen LogP contribution in [0.25, 0.3) is 0 Å². The van der Waals surface area contributed by atoms with E-state index in [1.54, 1.807) is 0 Å². The standard InChI is InChI=1S/C15H21N3O/c1-12-10-16-7-9-18(12)15(19)11-17-8-6-13-4-2-3-5-14(13)17/h2-5,12,16H,6-11H2,1H3/t12-/m0/s1. The summed E-state index contributed by atoms with van der Waals surface area (Å²) in [7, 11) is 0. The van der Waals surface area contributed by atoms with Crippen LogP contribution in [0.1, 0.15) is 12.5 Å². The summed E-state index contributed by atoms with van der Waals surface area (Å²) in [5, 5.41) is 3.32. The predicted octanol–water partition coefficient (Wildman–Crippen LogP) is 0.869. The summed E-state index contributed by atoms with van der Waals surface area (Å²) in [6.45, 7) is 6.24. The number of nitrogens with one attached hydrogen (secondary N) is 1. The third kappa shape index (κ3) is 2.45. The first-order valence-electron chi connectivity index (χ1n) is 7.09. The molecule has 102 valence electrons. The summed E-state index contributed by atoms with van der Waals surface area (Å²) < 4.78 is 0. The van der Waals surface area contributed by atoms with E-state index in [2.05, 4.69) is 41.4 Å². The van der Waals surface area contributed by atoms with Crippen molar-refractivity contribution in [1.29, 1.82) is 0 Å².